The molecule has 7 nitrogen and oxygen atoms in total. The third-order valence-electron chi connectivity index (χ3n) is 3.96. The number of anilines is 1. The topological polar surface area (TPSA) is 102 Å². The zero-order valence-electron chi connectivity index (χ0n) is 15.6. The zero-order valence-corrected chi connectivity index (χ0v) is 16.5. The van der Waals surface area contributed by atoms with Gasteiger partial charge in [-0.2, -0.15) is 5.26 Å². The van der Waals surface area contributed by atoms with Gasteiger partial charge in [0.25, 0.3) is 5.91 Å². The Kier molecular flexibility index (Phi) is 6.89. The second kappa shape index (κ2) is 9.78. The first kappa shape index (κ1) is 20.5. The Labute approximate surface area is 171 Å². The van der Waals surface area contributed by atoms with Crippen molar-refractivity contribution in [2.45, 2.75) is 11.5 Å². The molecular weight excluding hydrogens is 392 g/mol. The third-order valence-corrected chi connectivity index (χ3v) is 4.90. The summed E-state index contributed by atoms with van der Waals surface area (Å²) < 4.78 is 15.9. The Morgan fingerprint density at radius 2 is 1.93 bits per heavy atom. The van der Waals surface area contributed by atoms with Gasteiger partial charge in [0.05, 0.1) is 24.1 Å². The number of esters is 1. The van der Waals surface area contributed by atoms with E-state index < -0.39 is 18.5 Å². The number of carbonyl (C=O) groups excluding carboxylic acids is 2. The first-order valence-corrected chi connectivity index (χ1v) is 9.67. The van der Waals surface area contributed by atoms with Crippen LogP contribution in [0.4, 0.5) is 5.69 Å². The summed E-state index contributed by atoms with van der Waals surface area (Å²) in [5.74, 6) is -0.954. The van der Waals surface area contributed by atoms with Gasteiger partial charge in [-0.3, -0.25) is 4.79 Å². The maximum Gasteiger partial charge on any atom is 0.375 e. The van der Waals surface area contributed by atoms with E-state index in [1.165, 1.54) is 18.9 Å². The van der Waals surface area contributed by atoms with Crippen LogP contribution in [0.1, 0.15) is 16.1 Å². The predicted octanol–water partition coefficient (Wildman–Crippen LogP) is 3.99. The molecule has 0 bridgehead atoms. The van der Waals surface area contributed by atoms with Crippen molar-refractivity contribution in [1.82, 2.24) is 0 Å². The summed E-state index contributed by atoms with van der Waals surface area (Å²) in [6.45, 7) is -0.295. The van der Waals surface area contributed by atoms with Crippen molar-refractivity contribution in [3.05, 3.63) is 59.9 Å². The molecule has 1 amide bonds. The van der Waals surface area contributed by atoms with Crippen LogP contribution in [0.3, 0.4) is 0 Å². The minimum absolute atomic E-state index is 0.0193. The quantitative estimate of drug-likeness (QED) is 0.442. The van der Waals surface area contributed by atoms with E-state index in [9.17, 15) is 9.59 Å². The lowest BCUT2D eigenvalue weighted by atomic mass is 10.1. The predicted molar refractivity (Wildman–Crippen MR) is 109 cm³/mol. The highest BCUT2D eigenvalue weighted by molar-refractivity contribution is 7.99. The highest BCUT2D eigenvalue weighted by Gasteiger charge is 2.22. The number of hydrogen-bond acceptors (Lipinski definition) is 7. The number of ether oxygens (including phenoxy) is 2. The summed E-state index contributed by atoms with van der Waals surface area (Å²) in [5.41, 5.74) is 1.67. The minimum atomic E-state index is -0.740. The van der Waals surface area contributed by atoms with E-state index in [1.807, 2.05) is 24.3 Å². The van der Waals surface area contributed by atoms with Gasteiger partial charge in [-0.1, -0.05) is 30.3 Å². The van der Waals surface area contributed by atoms with E-state index in [1.54, 1.807) is 30.3 Å². The summed E-state index contributed by atoms with van der Waals surface area (Å²) in [6, 6.07) is 16.3. The molecule has 1 heterocycles. The normalized spacial score (nSPS) is 10.5. The van der Waals surface area contributed by atoms with Crippen LogP contribution in [-0.4, -0.2) is 31.3 Å². The average molecular weight is 410 g/mol. The lowest BCUT2D eigenvalue weighted by Crippen LogP contribution is -2.21. The highest BCUT2D eigenvalue weighted by Crippen LogP contribution is 2.28. The molecule has 0 saturated heterocycles. The smallest absolute Gasteiger partial charge is 0.375 e. The van der Waals surface area contributed by atoms with Gasteiger partial charge >= 0.3 is 5.97 Å². The number of nitrogens with zero attached hydrogens (tertiary/aromatic N) is 1. The van der Waals surface area contributed by atoms with Crippen LogP contribution in [0.25, 0.3) is 11.0 Å². The van der Waals surface area contributed by atoms with Crippen molar-refractivity contribution >= 4 is 40.3 Å². The molecule has 0 radical (unpaired) electrons. The van der Waals surface area contributed by atoms with Crippen molar-refractivity contribution in [3.8, 4) is 6.07 Å². The lowest BCUT2D eigenvalue weighted by Gasteiger charge is -2.10. The second-order valence-corrected chi connectivity index (χ2v) is 6.92. The number of para-hydroxylation sites is 2. The zero-order chi connectivity index (χ0) is 20.6. The molecule has 3 aromatic rings. The van der Waals surface area contributed by atoms with E-state index in [-0.39, 0.29) is 18.1 Å². The van der Waals surface area contributed by atoms with Crippen LogP contribution in [0.5, 0.6) is 0 Å². The molecule has 29 heavy (non-hydrogen) atoms. The Morgan fingerprint density at radius 3 is 2.72 bits per heavy atom. The van der Waals surface area contributed by atoms with Crippen molar-refractivity contribution in [2.75, 3.05) is 24.8 Å². The molecule has 3 rings (SSSR count). The van der Waals surface area contributed by atoms with Gasteiger partial charge < -0.3 is 19.2 Å². The van der Waals surface area contributed by atoms with Crippen LogP contribution < -0.4 is 5.32 Å². The molecule has 0 aliphatic carbocycles. The van der Waals surface area contributed by atoms with Crippen molar-refractivity contribution in [3.63, 3.8) is 0 Å². The molecule has 0 aliphatic heterocycles. The number of nitrogens with one attached hydrogen (secondary N) is 1. The van der Waals surface area contributed by atoms with Crippen molar-refractivity contribution in [1.29, 1.82) is 5.26 Å². The molecular formula is C21H18N2O5S. The molecule has 1 aromatic heterocycles. The van der Waals surface area contributed by atoms with Crippen molar-refractivity contribution < 1.29 is 23.5 Å². The number of nitriles is 1. The van der Waals surface area contributed by atoms with Gasteiger partial charge in [0, 0.05) is 23.0 Å². The number of rotatable bonds is 8. The number of amides is 1. The van der Waals surface area contributed by atoms with Crippen LogP contribution >= 0.6 is 11.8 Å². The molecule has 8 heteroatoms. The Hall–Kier alpha value is -3.28. The number of benzene rings is 2. The van der Waals surface area contributed by atoms with Crippen molar-refractivity contribution in [2.24, 2.45) is 0 Å². The molecule has 0 atom stereocenters. The maximum absolute atomic E-state index is 12.5. The fourth-order valence-electron chi connectivity index (χ4n) is 2.74. The van der Waals surface area contributed by atoms with Gasteiger partial charge in [-0.25, -0.2) is 4.79 Å². The summed E-state index contributed by atoms with van der Waals surface area (Å²) in [6.07, 6.45) is 0. The molecule has 0 saturated carbocycles. The van der Waals surface area contributed by atoms with Gasteiger partial charge in [-0.05, 0) is 18.2 Å². The van der Waals surface area contributed by atoms with E-state index in [4.69, 9.17) is 19.2 Å². The number of furan rings is 1. The number of hydrogen-bond donors (Lipinski definition) is 1. The Morgan fingerprint density at radius 1 is 1.17 bits per heavy atom. The maximum atomic E-state index is 12.5. The largest absolute Gasteiger partial charge is 0.450 e. The van der Waals surface area contributed by atoms with Crippen LogP contribution in [0, 0.1) is 11.3 Å². The first-order valence-electron chi connectivity index (χ1n) is 8.69. The summed E-state index contributed by atoms with van der Waals surface area (Å²) in [5, 5.41) is 12.2. The first-order chi connectivity index (χ1) is 14.1. The fraction of sp³-hybridized carbons (Fsp3) is 0.190. The molecule has 1 N–H and O–H groups in total. The van der Waals surface area contributed by atoms with E-state index in [2.05, 4.69) is 5.32 Å². The molecule has 2 aromatic carbocycles. The third kappa shape index (κ3) is 4.96. The average Bonchev–Trinajstić information content (AvgIpc) is 3.10. The number of methoxy groups -OCH3 is 1. The van der Waals surface area contributed by atoms with Gasteiger partial charge in [0.1, 0.15) is 5.58 Å². The number of carbonyl (C=O) groups is 2. The van der Waals surface area contributed by atoms with E-state index in [0.717, 1.165) is 10.3 Å². The number of thioether (sulfide) groups is 1. The Bertz CT molecular complexity index is 1070. The van der Waals surface area contributed by atoms with Gasteiger partial charge in [0.15, 0.2) is 6.61 Å². The molecule has 0 spiro atoms. The highest BCUT2D eigenvalue weighted by atomic mass is 32.2. The lowest BCUT2D eigenvalue weighted by molar-refractivity contribution is -0.119. The fourth-order valence-corrected chi connectivity index (χ4v) is 3.41. The molecule has 0 aliphatic rings. The van der Waals surface area contributed by atoms with E-state index in [0.29, 0.717) is 16.8 Å². The van der Waals surface area contributed by atoms with Crippen LogP contribution in [0.15, 0.2) is 57.8 Å². The SMILES string of the molecule is COCc1c(C(=O)OCC(=O)Nc2ccccc2SCC#N)oc2ccccc12. The second-order valence-electron chi connectivity index (χ2n) is 5.91. The monoisotopic (exact) mass is 410 g/mol. The summed E-state index contributed by atoms with van der Waals surface area (Å²) >= 11 is 1.31. The van der Waals surface area contributed by atoms with Crippen LogP contribution in [-0.2, 0) is 20.9 Å². The van der Waals surface area contributed by atoms with Gasteiger partial charge in [0.2, 0.25) is 5.76 Å². The minimum Gasteiger partial charge on any atom is -0.450 e. The van der Waals surface area contributed by atoms with Crippen LogP contribution in [0.2, 0.25) is 0 Å². The molecule has 148 valence electrons. The molecule has 0 fully saturated rings. The van der Waals surface area contributed by atoms with E-state index >= 15 is 0 Å². The number of fused-ring (bicyclic) bond motifs is 1. The Balaban J connectivity index is 1.67. The summed E-state index contributed by atoms with van der Waals surface area (Å²) in [7, 11) is 1.52. The summed E-state index contributed by atoms with van der Waals surface area (Å²) in [4.78, 5) is 25.5. The van der Waals surface area contributed by atoms with Gasteiger partial charge in [-0.15, -0.1) is 11.8 Å². The standard InChI is InChI=1S/C21H18N2O5S/c1-26-12-15-14-6-2-4-8-17(14)28-20(15)21(25)27-13-19(24)23-16-7-3-5-9-18(16)29-11-10-22/h2-9H,11-13H2,1H3,(H,23,24). The molecule has 0 unspecified atom stereocenters.